The lowest BCUT2D eigenvalue weighted by Gasteiger charge is -2.06. The fraction of sp³-hybridized carbons (Fsp3) is 0.0769. The maximum Gasteiger partial charge on any atom is 0.271 e. The molecule has 5 heteroatoms. The maximum atomic E-state index is 12.7. The topological polar surface area (TPSA) is 42.0 Å². The van der Waals surface area contributed by atoms with E-state index in [1.165, 1.54) is 12.1 Å². The number of nitrogens with zero attached hydrogens (tertiary/aromatic N) is 1. The molecule has 0 aliphatic rings. The predicted molar refractivity (Wildman–Crippen MR) is 69.5 cm³/mol. The molecule has 92 valence electrons. The quantitative estimate of drug-likeness (QED) is 0.947. The second kappa shape index (κ2) is 5.73. The lowest BCUT2D eigenvalue weighted by Crippen LogP contribution is -2.24. The molecule has 2 aromatic rings. The van der Waals surface area contributed by atoms with E-state index in [1.54, 1.807) is 30.5 Å². The van der Waals surface area contributed by atoms with E-state index < -0.39 is 0 Å². The highest BCUT2D eigenvalue weighted by Crippen LogP contribution is 2.13. The number of amides is 1. The second-order valence-electron chi connectivity index (χ2n) is 3.64. The molecular weight excluding hydrogens is 299 g/mol. The number of benzene rings is 1. The number of pyridine rings is 1. The summed E-state index contributed by atoms with van der Waals surface area (Å²) in [6.07, 6.45) is 1.55. The fourth-order valence-electron chi connectivity index (χ4n) is 1.42. The van der Waals surface area contributed by atoms with Crippen molar-refractivity contribution in [1.82, 2.24) is 10.3 Å². The van der Waals surface area contributed by atoms with E-state index in [1.807, 2.05) is 0 Å². The third-order valence-electron chi connectivity index (χ3n) is 2.34. The Morgan fingerprint density at radius 1 is 1.28 bits per heavy atom. The summed E-state index contributed by atoms with van der Waals surface area (Å²) < 4.78 is 13.3. The van der Waals surface area contributed by atoms with Crippen LogP contribution in [0.5, 0.6) is 0 Å². The highest BCUT2D eigenvalue weighted by atomic mass is 79.9. The van der Waals surface area contributed by atoms with Gasteiger partial charge in [-0.2, -0.15) is 0 Å². The largest absolute Gasteiger partial charge is 0.347 e. The number of carbonyl (C=O) groups excluding carboxylic acids is 1. The molecule has 2 rings (SSSR count). The number of hydrogen-bond acceptors (Lipinski definition) is 2. The number of hydrogen-bond donors (Lipinski definition) is 1. The van der Waals surface area contributed by atoms with Crippen molar-refractivity contribution in [2.75, 3.05) is 0 Å². The SMILES string of the molecule is O=C(NCc1ccc(F)cc1)c1ncccc1Br. The van der Waals surface area contributed by atoms with Crippen molar-refractivity contribution in [3.05, 3.63) is 64.1 Å². The van der Waals surface area contributed by atoms with Crippen molar-refractivity contribution in [2.24, 2.45) is 0 Å². The molecule has 0 aliphatic heterocycles. The molecule has 0 unspecified atom stereocenters. The molecule has 1 N–H and O–H groups in total. The van der Waals surface area contributed by atoms with E-state index in [0.717, 1.165) is 5.56 Å². The average Bonchev–Trinajstić information content (AvgIpc) is 2.38. The predicted octanol–water partition coefficient (Wildman–Crippen LogP) is 2.91. The Bertz CT molecular complexity index is 557. The minimum atomic E-state index is -0.294. The molecule has 0 saturated carbocycles. The minimum Gasteiger partial charge on any atom is -0.347 e. The van der Waals surface area contributed by atoms with Gasteiger partial charge in [0.15, 0.2) is 0 Å². The van der Waals surface area contributed by atoms with Crippen LogP contribution in [0, 0.1) is 5.82 Å². The molecule has 3 nitrogen and oxygen atoms in total. The Morgan fingerprint density at radius 3 is 2.67 bits per heavy atom. The third kappa shape index (κ3) is 3.13. The monoisotopic (exact) mass is 308 g/mol. The standard InChI is InChI=1S/C13H10BrFN2O/c14-11-2-1-7-16-12(11)13(18)17-8-9-3-5-10(15)6-4-9/h1-7H,8H2,(H,17,18). The molecule has 0 spiro atoms. The van der Waals surface area contributed by atoms with Crippen LogP contribution in [0.3, 0.4) is 0 Å². The Morgan fingerprint density at radius 2 is 2.00 bits per heavy atom. The van der Waals surface area contributed by atoms with Gasteiger partial charge in [-0.05, 0) is 45.8 Å². The molecule has 1 heterocycles. The highest BCUT2D eigenvalue weighted by molar-refractivity contribution is 9.10. The lowest BCUT2D eigenvalue weighted by atomic mass is 10.2. The molecule has 1 aromatic heterocycles. The molecule has 0 bridgehead atoms. The Kier molecular flexibility index (Phi) is 4.04. The highest BCUT2D eigenvalue weighted by Gasteiger charge is 2.10. The van der Waals surface area contributed by atoms with E-state index in [0.29, 0.717) is 16.7 Å². The molecular formula is C13H10BrFN2O. The number of rotatable bonds is 3. The van der Waals surface area contributed by atoms with E-state index in [-0.39, 0.29) is 11.7 Å². The Labute approximate surface area is 112 Å². The number of halogens is 2. The normalized spacial score (nSPS) is 10.1. The maximum absolute atomic E-state index is 12.7. The first-order chi connectivity index (χ1) is 8.66. The van der Waals surface area contributed by atoms with Gasteiger partial charge in [-0.25, -0.2) is 9.37 Å². The van der Waals surface area contributed by atoms with Gasteiger partial charge in [0.25, 0.3) is 5.91 Å². The molecule has 1 aromatic carbocycles. The first kappa shape index (κ1) is 12.7. The van der Waals surface area contributed by atoms with Crippen LogP contribution in [-0.4, -0.2) is 10.9 Å². The van der Waals surface area contributed by atoms with Gasteiger partial charge >= 0.3 is 0 Å². The average molecular weight is 309 g/mol. The zero-order valence-electron chi connectivity index (χ0n) is 9.36. The van der Waals surface area contributed by atoms with Crippen LogP contribution in [-0.2, 0) is 6.54 Å². The van der Waals surface area contributed by atoms with E-state index in [4.69, 9.17) is 0 Å². The molecule has 0 atom stereocenters. The zero-order valence-corrected chi connectivity index (χ0v) is 10.9. The van der Waals surface area contributed by atoms with Gasteiger partial charge < -0.3 is 5.32 Å². The number of aromatic nitrogens is 1. The van der Waals surface area contributed by atoms with Crippen molar-refractivity contribution in [1.29, 1.82) is 0 Å². The lowest BCUT2D eigenvalue weighted by molar-refractivity contribution is 0.0945. The van der Waals surface area contributed by atoms with E-state index in [9.17, 15) is 9.18 Å². The van der Waals surface area contributed by atoms with Crippen molar-refractivity contribution < 1.29 is 9.18 Å². The number of nitrogens with one attached hydrogen (secondary N) is 1. The fourth-order valence-corrected chi connectivity index (χ4v) is 1.86. The van der Waals surface area contributed by atoms with E-state index >= 15 is 0 Å². The summed E-state index contributed by atoms with van der Waals surface area (Å²) in [6.45, 7) is 0.335. The van der Waals surface area contributed by atoms with Crippen LogP contribution in [0.2, 0.25) is 0 Å². The van der Waals surface area contributed by atoms with Gasteiger partial charge in [0, 0.05) is 17.2 Å². The first-order valence-electron chi connectivity index (χ1n) is 5.30. The summed E-state index contributed by atoms with van der Waals surface area (Å²) in [4.78, 5) is 15.8. The second-order valence-corrected chi connectivity index (χ2v) is 4.50. The summed E-state index contributed by atoms with van der Waals surface area (Å²) in [6, 6.07) is 9.46. The Balaban J connectivity index is 2.01. The van der Waals surface area contributed by atoms with E-state index in [2.05, 4.69) is 26.2 Å². The molecule has 1 amide bonds. The van der Waals surface area contributed by atoms with Crippen LogP contribution in [0.15, 0.2) is 47.1 Å². The summed E-state index contributed by atoms with van der Waals surface area (Å²) in [5.41, 5.74) is 1.16. The van der Waals surface area contributed by atoms with Gasteiger partial charge in [-0.15, -0.1) is 0 Å². The molecule has 0 radical (unpaired) electrons. The molecule has 0 aliphatic carbocycles. The van der Waals surface area contributed by atoms with Gasteiger partial charge in [-0.3, -0.25) is 4.79 Å². The van der Waals surface area contributed by atoms with Crippen molar-refractivity contribution in [3.63, 3.8) is 0 Å². The minimum absolute atomic E-state index is 0.271. The van der Waals surface area contributed by atoms with Crippen LogP contribution in [0.25, 0.3) is 0 Å². The van der Waals surface area contributed by atoms with Crippen molar-refractivity contribution in [3.8, 4) is 0 Å². The van der Waals surface area contributed by atoms with Gasteiger partial charge in [0.05, 0.1) is 0 Å². The summed E-state index contributed by atoms with van der Waals surface area (Å²) in [7, 11) is 0. The smallest absolute Gasteiger partial charge is 0.271 e. The summed E-state index contributed by atoms with van der Waals surface area (Å²) in [5, 5.41) is 2.72. The van der Waals surface area contributed by atoms with Gasteiger partial charge in [-0.1, -0.05) is 12.1 Å². The van der Waals surface area contributed by atoms with Crippen molar-refractivity contribution >= 4 is 21.8 Å². The summed E-state index contributed by atoms with van der Waals surface area (Å²) >= 11 is 3.26. The number of carbonyl (C=O) groups is 1. The molecule has 0 saturated heterocycles. The Hall–Kier alpha value is -1.75. The molecule has 0 fully saturated rings. The van der Waals surface area contributed by atoms with Gasteiger partial charge in [0.1, 0.15) is 11.5 Å². The first-order valence-corrected chi connectivity index (χ1v) is 6.09. The molecule has 18 heavy (non-hydrogen) atoms. The van der Waals surface area contributed by atoms with Crippen LogP contribution in [0.1, 0.15) is 16.1 Å². The van der Waals surface area contributed by atoms with Gasteiger partial charge in [0.2, 0.25) is 0 Å². The van der Waals surface area contributed by atoms with Crippen LogP contribution in [0.4, 0.5) is 4.39 Å². The third-order valence-corrected chi connectivity index (χ3v) is 2.98. The summed E-state index contributed by atoms with van der Waals surface area (Å²) in [5.74, 6) is -0.565. The van der Waals surface area contributed by atoms with Crippen molar-refractivity contribution in [2.45, 2.75) is 6.54 Å². The van der Waals surface area contributed by atoms with Crippen LogP contribution < -0.4 is 5.32 Å². The zero-order chi connectivity index (χ0) is 13.0. The van der Waals surface area contributed by atoms with Crippen LogP contribution >= 0.6 is 15.9 Å².